The predicted octanol–water partition coefficient (Wildman–Crippen LogP) is 4.11. The molecule has 2 unspecified atom stereocenters. The quantitative estimate of drug-likeness (QED) is 0.589. The van der Waals surface area contributed by atoms with Gasteiger partial charge in [-0.05, 0) is 37.0 Å². The van der Waals surface area contributed by atoms with Crippen LogP contribution in [-0.2, 0) is 16.0 Å². The van der Waals surface area contributed by atoms with Crippen LogP contribution in [0.3, 0.4) is 0 Å². The summed E-state index contributed by atoms with van der Waals surface area (Å²) in [7, 11) is 0. The van der Waals surface area contributed by atoms with Crippen LogP contribution in [-0.4, -0.2) is 85.8 Å². The topological polar surface area (TPSA) is 45.2 Å². The predicted molar refractivity (Wildman–Crippen MR) is 111 cm³/mol. The molecule has 34 heavy (non-hydrogen) atoms. The number of ether oxygens (including phenoxy) is 2. The smallest absolute Gasteiger partial charge is 0.426 e. The third-order valence-corrected chi connectivity index (χ3v) is 6.60. The number of alkyl halides is 6. The Kier molecular flexibility index (Phi) is 6.92. The van der Waals surface area contributed by atoms with Gasteiger partial charge in [0.2, 0.25) is 0 Å². The van der Waals surface area contributed by atoms with E-state index in [1.54, 1.807) is 0 Å². The van der Waals surface area contributed by atoms with Crippen molar-refractivity contribution in [1.82, 2.24) is 9.80 Å². The number of carbonyl (C=O) groups excluding carboxylic acids is 1. The van der Waals surface area contributed by atoms with Gasteiger partial charge in [-0.2, -0.15) is 26.3 Å². The van der Waals surface area contributed by atoms with E-state index in [2.05, 4.69) is 21.8 Å². The van der Waals surface area contributed by atoms with Crippen molar-refractivity contribution in [3.05, 3.63) is 29.3 Å². The second-order valence-electron chi connectivity index (χ2n) is 9.07. The maximum absolute atomic E-state index is 12.7. The Labute approximate surface area is 193 Å². The van der Waals surface area contributed by atoms with Gasteiger partial charge >= 0.3 is 18.4 Å². The van der Waals surface area contributed by atoms with E-state index in [1.165, 1.54) is 0 Å². The highest BCUT2D eigenvalue weighted by molar-refractivity contribution is 5.68. The number of rotatable bonds is 4. The van der Waals surface area contributed by atoms with E-state index in [0.717, 1.165) is 34.6 Å². The van der Waals surface area contributed by atoms with Crippen molar-refractivity contribution in [3.8, 4) is 0 Å². The number of halogens is 6. The lowest BCUT2D eigenvalue weighted by atomic mass is 10.1. The van der Waals surface area contributed by atoms with Crippen molar-refractivity contribution in [1.29, 1.82) is 0 Å². The fourth-order valence-corrected chi connectivity index (χ4v) is 4.89. The number of amides is 1. The number of carbonyl (C=O) groups is 1. The number of morpholine rings is 1. The third-order valence-electron chi connectivity index (χ3n) is 6.60. The van der Waals surface area contributed by atoms with Crippen LogP contribution in [0.5, 0.6) is 0 Å². The highest BCUT2D eigenvalue weighted by atomic mass is 19.4. The minimum absolute atomic E-state index is 0.0226. The zero-order valence-corrected chi connectivity index (χ0v) is 18.7. The Morgan fingerprint density at radius 1 is 1.03 bits per heavy atom. The molecule has 1 aromatic rings. The van der Waals surface area contributed by atoms with Gasteiger partial charge in [-0.1, -0.05) is 12.1 Å². The Hall–Kier alpha value is -2.21. The first-order valence-corrected chi connectivity index (χ1v) is 11.2. The molecule has 0 N–H and O–H groups in total. The van der Waals surface area contributed by atoms with Gasteiger partial charge in [0.05, 0.1) is 25.3 Å². The van der Waals surface area contributed by atoms with E-state index in [4.69, 9.17) is 4.74 Å². The van der Waals surface area contributed by atoms with Crippen LogP contribution in [0.4, 0.5) is 36.8 Å². The maximum atomic E-state index is 12.7. The number of piperazine rings is 1. The number of hydrogen-bond donors (Lipinski definition) is 0. The van der Waals surface area contributed by atoms with Crippen molar-refractivity contribution in [2.24, 2.45) is 0 Å². The summed E-state index contributed by atoms with van der Waals surface area (Å²) in [5.74, 6) is 0. The first-order chi connectivity index (χ1) is 15.9. The summed E-state index contributed by atoms with van der Waals surface area (Å²) in [6, 6.07) is 6.86. The number of hydrogen-bond acceptors (Lipinski definition) is 5. The zero-order valence-electron chi connectivity index (χ0n) is 18.7. The summed E-state index contributed by atoms with van der Waals surface area (Å²) in [6.45, 7) is 4.51. The minimum Gasteiger partial charge on any atom is -0.426 e. The van der Waals surface area contributed by atoms with Crippen LogP contribution in [0.2, 0.25) is 0 Å². The Morgan fingerprint density at radius 3 is 2.18 bits per heavy atom. The maximum Gasteiger partial charge on any atom is 0.434 e. The van der Waals surface area contributed by atoms with E-state index in [9.17, 15) is 31.1 Å². The molecule has 1 aromatic carbocycles. The molecular formula is C22H27F6N3O3. The largest absolute Gasteiger partial charge is 0.434 e. The minimum atomic E-state index is -5.73. The normalized spacial score (nSPS) is 24.1. The molecule has 4 rings (SSSR count). The molecule has 3 aliphatic heterocycles. The number of aryl methyl sites for hydroxylation is 1. The molecule has 190 valence electrons. The van der Waals surface area contributed by atoms with Crippen molar-refractivity contribution >= 4 is 11.8 Å². The molecule has 12 heteroatoms. The van der Waals surface area contributed by atoms with Gasteiger partial charge in [0, 0.05) is 38.4 Å². The fraction of sp³-hybridized carbons (Fsp3) is 0.682. The lowest BCUT2D eigenvalue weighted by Crippen LogP contribution is -2.52. The zero-order chi connectivity index (χ0) is 24.7. The summed E-state index contributed by atoms with van der Waals surface area (Å²) < 4.78 is 85.7. The van der Waals surface area contributed by atoms with Crippen LogP contribution >= 0.6 is 0 Å². The Balaban J connectivity index is 1.38. The van der Waals surface area contributed by atoms with Gasteiger partial charge in [0.15, 0.2) is 0 Å². The highest BCUT2D eigenvalue weighted by Crippen LogP contribution is 2.38. The molecule has 3 fully saturated rings. The van der Waals surface area contributed by atoms with E-state index < -0.39 is 24.5 Å². The van der Waals surface area contributed by atoms with E-state index in [0.29, 0.717) is 44.9 Å². The number of fused-ring (bicyclic) bond motifs is 2. The summed E-state index contributed by atoms with van der Waals surface area (Å²) in [5.41, 5.74) is 3.35. The second kappa shape index (κ2) is 9.44. The molecule has 3 saturated heterocycles. The molecule has 0 aliphatic carbocycles. The first kappa shape index (κ1) is 24.9. The molecule has 0 radical (unpaired) electrons. The van der Waals surface area contributed by atoms with Crippen molar-refractivity contribution in [2.75, 3.05) is 44.3 Å². The van der Waals surface area contributed by atoms with Gasteiger partial charge < -0.3 is 19.3 Å². The average Bonchev–Trinajstić information content (AvgIpc) is 2.99. The van der Waals surface area contributed by atoms with Crippen molar-refractivity contribution in [3.63, 3.8) is 0 Å². The van der Waals surface area contributed by atoms with Crippen molar-refractivity contribution < 1.29 is 40.6 Å². The standard InChI is InChI=1S/C22H27F6N3O3/c1-14-2-3-15(18(10-14)31-16-4-5-17(31)13-33-12-16)11-29-6-8-30(9-7-29)20(32)34-19(21(23,24)25)22(26,27)28/h2-3,10,16-17,19H,4-9,11-13H2,1H3. The van der Waals surface area contributed by atoms with Crippen LogP contribution in [0, 0.1) is 6.92 Å². The van der Waals surface area contributed by atoms with Crippen LogP contribution in [0.25, 0.3) is 0 Å². The van der Waals surface area contributed by atoms with E-state index >= 15 is 0 Å². The van der Waals surface area contributed by atoms with Gasteiger partial charge in [-0.25, -0.2) is 4.79 Å². The lowest BCUT2D eigenvalue weighted by Gasteiger charge is -2.39. The van der Waals surface area contributed by atoms with Crippen LogP contribution < -0.4 is 4.90 Å². The van der Waals surface area contributed by atoms with Gasteiger partial charge in [0.1, 0.15) is 0 Å². The summed E-state index contributed by atoms with van der Waals surface area (Å²) in [6.07, 6.45) is -15.1. The Bertz CT molecular complexity index is 856. The molecule has 3 heterocycles. The second-order valence-corrected chi connectivity index (χ2v) is 9.07. The van der Waals surface area contributed by atoms with Crippen LogP contribution in [0.15, 0.2) is 18.2 Å². The molecule has 2 atom stereocenters. The fourth-order valence-electron chi connectivity index (χ4n) is 4.89. The third kappa shape index (κ3) is 5.37. The van der Waals surface area contributed by atoms with Crippen LogP contribution in [0.1, 0.15) is 24.0 Å². The first-order valence-electron chi connectivity index (χ1n) is 11.2. The number of benzene rings is 1. The number of nitrogens with zero attached hydrogens (tertiary/aromatic N) is 3. The molecule has 0 aromatic heterocycles. The lowest BCUT2D eigenvalue weighted by molar-refractivity contribution is -0.308. The summed E-state index contributed by atoms with van der Waals surface area (Å²) in [5, 5.41) is 0. The molecule has 0 saturated carbocycles. The molecule has 3 aliphatic rings. The van der Waals surface area contributed by atoms with Gasteiger partial charge in [-0.15, -0.1) is 0 Å². The van der Waals surface area contributed by atoms with Gasteiger partial charge in [-0.3, -0.25) is 4.90 Å². The van der Waals surface area contributed by atoms with Crippen molar-refractivity contribution in [2.45, 2.75) is 56.9 Å². The molecule has 2 bridgehead atoms. The van der Waals surface area contributed by atoms with E-state index in [1.807, 2.05) is 17.9 Å². The molecular weight excluding hydrogens is 468 g/mol. The highest BCUT2D eigenvalue weighted by Gasteiger charge is 2.60. The SMILES string of the molecule is Cc1ccc(CN2CCN(C(=O)OC(C(F)(F)F)C(F)(F)F)CC2)c(N2C3CCC2COC3)c1. The summed E-state index contributed by atoms with van der Waals surface area (Å²) in [4.78, 5) is 17.4. The molecule has 6 nitrogen and oxygen atoms in total. The Morgan fingerprint density at radius 2 is 1.62 bits per heavy atom. The van der Waals surface area contributed by atoms with E-state index in [-0.39, 0.29) is 13.1 Å². The molecule has 1 amide bonds. The summed E-state index contributed by atoms with van der Waals surface area (Å²) >= 11 is 0. The monoisotopic (exact) mass is 495 g/mol. The number of anilines is 1. The average molecular weight is 495 g/mol. The molecule has 0 spiro atoms. The van der Waals surface area contributed by atoms with Gasteiger partial charge in [0.25, 0.3) is 6.10 Å².